The smallest absolute Gasteiger partial charge is 0.352 e. The van der Waals surface area contributed by atoms with E-state index in [9.17, 15) is 39.0 Å². The Balaban J connectivity index is 1.51. The number of amides is 3. The number of carbonyl (C=O) groups is 4. The fourth-order valence-corrected chi connectivity index (χ4v) is 6.48. The maximum atomic E-state index is 14.3. The summed E-state index contributed by atoms with van der Waals surface area (Å²) in [6, 6.07) is 2.29. The largest absolute Gasteiger partial charge is 0.505 e. The van der Waals surface area contributed by atoms with E-state index in [1.165, 1.54) is 11.4 Å². The van der Waals surface area contributed by atoms with E-state index in [0.717, 1.165) is 40.1 Å². The third kappa shape index (κ3) is 4.46. The summed E-state index contributed by atoms with van der Waals surface area (Å²) in [5, 5.41) is 37.9. The van der Waals surface area contributed by atoms with Gasteiger partial charge in [0.2, 0.25) is 5.91 Å². The van der Waals surface area contributed by atoms with E-state index >= 15 is 0 Å². The number of nitrogens with two attached hydrogens (primary N) is 1. The van der Waals surface area contributed by atoms with E-state index < -0.39 is 58.1 Å². The molecule has 5 rings (SSSR count). The van der Waals surface area contributed by atoms with Crippen molar-refractivity contribution in [2.24, 2.45) is 5.16 Å². The summed E-state index contributed by atoms with van der Waals surface area (Å²) in [7, 11) is 0. The van der Waals surface area contributed by atoms with Crippen molar-refractivity contribution >= 4 is 63.2 Å². The second kappa shape index (κ2) is 10.0. The molecule has 0 bridgehead atoms. The number of carboxylic acids is 1. The van der Waals surface area contributed by atoms with E-state index in [1.807, 2.05) is 0 Å². The van der Waals surface area contributed by atoms with Gasteiger partial charge in [0.25, 0.3) is 11.8 Å². The summed E-state index contributed by atoms with van der Waals surface area (Å²) < 4.78 is 14.3. The second-order valence-corrected chi connectivity index (χ2v) is 10.5. The molecule has 16 heteroatoms. The summed E-state index contributed by atoms with van der Waals surface area (Å²) in [6.07, 6.45) is 0.234. The van der Waals surface area contributed by atoms with Crippen molar-refractivity contribution in [2.75, 3.05) is 18.0 Å². The molecular formula is C23H19FN6O7S2. The van der Waals surface area contributed by atoms with E-state index in [0.29, 0.717) is 6.54 Å². The quantitative estimate of drug-likeness (QED) is 0.0923. The lowest BCUT2D eigenvalue weighted by molar-refractivity contribution is -0.150. The normalized spacial score (nSPS) is 22.3. The second-order valence-electron chi connectivity index (χ2n) is 8.54. The molecule has 202 valence electrons. The highest BCUT2D eigenvalue weighted by atomic mass is 32.2. The highest BCUT2D eigenvalue weighted by Gasteiger charge is 2.55. The number of fused-ring (bicyclic) bond motifs is 1. The number of hydrogen-bond acceptors (Lipinski definition) is 11. The number of allylic oxidation sites excluding steroid dienone is 1. The topological polar surface area (TPSA) is 208 Å². The van der Waals surface area contributed by atoms with Gasteiger partial charge in [-0.1, -0.05) is 11.2 Å². The van der Waals surface area contributed by atoms with Crippen molar-refractivity contribution in [3.8, 4) is 5.75 Å². The predicted octanol–water partition coefficient (Wildman–Crippen LogP) is 0.461. The molecular weight excluding hydrogens is 555 g/mol. The van der Waals surface area contributed by atoms with Crippen LogP contribution in [0.3, 0.4) is 0 Å². The van der Waals surface area contributed by atoms with Crippen molar-refractivity contribution in [1.29, 1.82) is 0 Å². The third-order valence-electron chi connectivity index (χ3n) is 6.31. The predicted molar refractivity (Wildman–Crippen MR) is 137 cm³/mol. The number of thioether (sulfide) groups is 1. The van der Waals surface area contributed by atoms with Gasteiger partial charge in [0.05, 0.1) is 0 Å². The fraction of sp³-hybridized carbons (Fsp3) is 0.217. The Labute approximate surface area is 226 Å². The zero-order valence-electron chi connectivity index (χ0n) is 19.7. The number of nitrogens with one attached hydrogen (secondary N) is 2. The first-order valence-electron chi connectivity index (χ1n) is 11.3. The molecule has 0 unspecified atom stereocenters. The molecule has 39 heavy (non-hydrogen) atoms. The summed E-state index contributed by atoms with van der Waals surface area (Å²) in [5.41, 5.74) is 5.34. The molecule has 3 amide bonds. The van der Waals surface area contributed by atoms with Crippen molar-refractivity contribution < 1.29 is 39.0 Å². The number of β-lactam (4-membered cyclic amide) rings is 1. The number of aromatic nitrogens is 1. The Morgan fingerprint density at radius 1 is 1.31 bits per heavy atom. The van der Waals surface area contributed by atoms with Crippen LogP contribution in [0.1, 0.15) is 17.7 Å². The summed E-state index contributed by atoms with van der Waals surface area (Å²) in [5.74, 6) is -5.16. The number of thiazole rings is 1. The standard InChI is InChI=1S/C23H19FN6O7S2/c24-11-5-8(1-2-13(11)31)14(9-3-4-26-18(9)32)10-6-38-21-16(20(34)30(21)17(10)22(35)36)28-19(33)15(29-37)12-7-39-23(25)27-12/h1-2,5,7,16,21,31,37H,3-4,6H2,(H2,25,27)(H,26,32)(H,28,33)(H,35,36)/t16-,21-/m1/s1. The number of nitrogens with zero attached hydrogens (tertiary/aromatic N) is 3. The van der Waals surface area contributed by atoms with Crippen LogP contribution in [0.2, 0.25) is 0 Å². The number of hydrogen-bond donors (Lipinski definition) is 6. The average Bonchev–Trinajstić information content (AvgIpc) is 3.52. The minimum absolute atomic E-state index is 0.000620. The first-order valence-corrected chi connectivity index (χ1v) is 13.2. The van der Waals surface area contributed by atoms with Crippen LogP contribution in [0.15, 0.2) is 45.6 Å². The lowest BCUT2D eigenvalue weighted by Gasteiger charge is -2.49. The van der Waals surface area contributed by atoms with Gasteiger partial charge in [-0.3, -0.25) is 19.3 Å². The number of oxime groups is 1. The van der Waals surface area contributed by atoms with E-state index in [2.05, 4.69) is 20.8 Å². The third-order valence-corrected chi connectivity index (χ3v) is 8.27. The zero-order chi connectivity index (χ0) is 28.0. The molecule has 0 aliphatic carbocycles. The highest BCUT2D eigenvalue weighted by Crippen LogP contribution is 2.45. The molecule has 0 spiro atoms. The van der Waals surface area contributed by atoms with Gasteiger partial charge in [-0.15, -0.1) is 23.1 Å². The van der Waals surface area contributed by atoms with Crippen LogP contribution < -0.4 is 16.4 Å². The number of anilines is 1. The van der Waals surface area contributed by atoms with Crippen LogP contribution in [-0.2, 0) is 19.2 Å². The SMILES string of the molecule is Nc1nc(C(=NO)C(=O)N[C@@H]2C(=O)N3C(C(=O)O)=C(C(=C4CCNC4=O)c4ccc(O)c(F)c4)CS[C@H]23)cs1. The van der Waals surface area contributed by atoms with Crippen LogP contribution in [0, 0.1) is 5.82 Å². The fourth-order valence-electron chi connectivity index (χ4n) is 4.58. The average molecular weight is 575 g/mol. The van der Waals surface area contributed by atoms with Gasteiger partial charge in [0.15, 0.2) is 22.4 Å². The number of phenols is 1. The summed E-state index contributed by atoms with van der Waals surface area (Å²) in [4.78, 5) is 55.9. The monoisotopic (exact) mass is 574 g/mol. The lowest BCUT2D eigenvalue weighted by atomic mass is 9.89. The molecule has 0 saturated carbocycles. The number of rotatable bonds is 6. The van der Waals surface area contributed by atoms with E-state index in [-0.39, 0.29) is 45.3 Å². The van der Waals surface area contributed by atoms with Gasteiger partial charge in [0.1, 0.15) is 22.8 Å². The van der Waals surface area contributed by atoms with Gasteiger partial charge in [-0.25, -0.2) is 14.2 Å². The van der Waals surface area contributed by atoms with Crippen molar-refractivity contribution in [2.45, 2.75) is 17.8 Å². The molecule has 13 nitrogen and oxygen atoms in total. The maximum Gasteiger partial charge on any atom is 0.352 e. The Kier molecular flexibility index (Phi) is 6.73. The Morgan fingerprint density at radius 2 is 2.08 bits per heavy atom. The number of carboxylic acid groups (broad SMARTS) is 1. The van der Waals surface area contributed by atoms with Gasteiger partial charge in [-0.05, 0) is 29.7 Å². The van der Waals surface area contributed by atoms with Gasteiger partial charge in [0, 0.05) is 28.8 Å². The Hall–Kier alpha value is -4.44. The molecule has 3 aliphatic heterocycles. The zero-order valence-corrected chi connectivity index (χ0v) is 21.3. The van der Waals surface area contributed by atoms with Crippen molar-refractivity contribution in [3.05, 3.63) is 57.5 Å². The van der Waals surface area contributed by atoms with Crippen molar-refractivity contribution in [1.82, 2.24) is 20.5 Å². The number of halogens is 1. The number of aliphatic carboxylic acids is 1. The number of aromatic hydroxyl groups is 1. The Morgan fingerprint density at radius 3 is 2.67 bits per heavy atom. The molecule has 2 saturated heterocycles. The van der Waals surface area contributed by atoms with Crippen LogP contribution in [0.25, 0.3) is 5.57 Å². The van der Waals surface area contributed by atoms with Gasteiger partial charge < -0.3 is 31.8 Å². The molecule has 1 aromatic heterocycles. The minimum Gasteiger partial charge on any atom is -0.505 e. The maximum absolute atomic E-state index is 14.3. The molecule has 2 atom stereocenters. The lowest BCUT2D eigenvalue weighted by Crippen LogP contribution is -2.71. The molecule has 4 heterocycles. The molecule has 0 radical (unpaired) electrons. The molecule has 2 fully saturated rings. The number of nitrogen functional groups attached to an aromatic ring is 1. The minimum atomic E-state index is -1.46. The summed E-state index contributed by atoms with van der Waals surface area (Å²) >= 11 is 2.14. The van der Waals surface area contributed by atoms with Crippen LogP contribution in [-0.4, -0.2) is 78.4 Å². The van der Waals surface area contributed by atoms with Crippen LogP contribution in [0.5, 0.6) is 5.75 Å². The number of phenolic OH excluding ortho intramolecular Hbond substituents is 1. The first-order chi connectivity index (χ1) is 18.6. The first kappa shape index (κ1) is 26.2. The van der Waals surface area contributed by atoms with Gasteiger partial charge in [-0.2, -0.15) is 0 Å². The van der Waals surface area contributed by atoms with Crippen LogP contribution in [0.4, 0.5) is 9.52 Å². The summed E-state index contributed by atoms with van der Waals surface area (Å²) in [6.45, 7) is 0.291. The molecule has 2 aromatic rings. The molecule has 1 aromatic carbocycles. The van der Waals surface area contributed by atoms with E-state index in [4.69, 9.17) is 5.73 Å². The van der Waals surface area contributed by atoms with Gasteiger partial charge >= 0.3 is 5.97 Å². The van der Waals surface area contributed by atoms with E-state index in [1.54, 1.807) is 0 Å². The molecule has 7 N–H and O–H groups in total. The Bertz CT molecular complexity index is 1530. The number of benzene rings is 1. The number of carbonyl (C=O) groups excluding carboxylic acids is 3. The van der Waals surface area contributed by atoms with Crippen molar-refractivity contribution in [3.63, 3.8) is 0 Å². The highest BCUT2D eigenvalue weighted by molar-refractivity contribution is 8.00. The molecule has 3 aliphatic rings. The van der Waals surface area contributed by atoms with Crippen LogP contribution >= 0.6 is 23.1 Å².